The van der Waals surface area contributed by atoms with E-state index in [1.165, 1.54) is 0 Å². The summed E-state index contributed by atoms with van der Waals surface area (Å²) < 4.78 is 38.4. The predicted octanol–water partition coefficient (Wildman–Crippen LogP) is 2.32. The molecule has 1 aromatic rings. The zero-order valence-electron chi connectivity index (χ0n) is 10.6. The number of rotatable bonds is 1. The summed E-state index contributed by atoms with van der Waals surface area (Å²) >= 11 is 5.47. The normalized spacial score (nSPS) is 27.1. The van der Waals surface area contributed by atoms with Crippen LogP contribution >= 0.6 is 11.6 Å². The first-order valence-corrected chi connectivity index (χ1v) is 6.83. The van der Waals surface area contributed by atoms with E-state index in [0.717, 1.165) is 18.9 Å². The van der Waals surface area contributed by atoms with E-state index in [4.69, 9.17) is 17.3 Å². The van der Waals surface area contributed by atoms with Gasteiger partial charge in [-0.05, 0) is 30.7 Å². The molecule has 8 heteroatoms. The Balaban J connectivity index is 1.82. The van der Waals surface area contributed by atoms with Crippen LogP contribution < -0.4 is 10.6 Å². The molecule has 1 saturated heterocycles. The van der Waals surface area contributed by atoms with Gasteiger partial charge in [-0.2, -0.15) is 13.2 Å². The fourth-order valence-corrected chi connectivity index (χ4v) is 3.45. The van der Waals surface area contributed by atoms with Crippen molar-refractivity contribution in [2.45, 2.75) is 25.1 Å². The average molecular weight is 307 g/mol. The van der Waals surface area contributed by atoms with Crippen LogP contribution in [0.3, 0.4) is 0 Å². The lowest BCUT2D eigenvalue weighted by Gasteiger charge is -2.20. The van der Waals surface area contributed by atoms with E-state index in [0.29, 0.717) is 24.9 Å². The Morgan fingerprint density at radius 2 is 1.80 bits per heavy atom. The van der Waals surface area contributed by atoms with Gasteiger partial charge in [-0.1, -0.05) is 11.6 Å². The second-order valence-electron chi connectivity index (χ2n) is 5.56. The highest BCUT2D eigenvalue weighted by molar-refractivity contribution is 6.30. The van der Waals surface area contributed by atoms with Crippen molar-refractivity contribution in [1.29, 1.82) is 0 Å². The molecule has 1 saturated carbocycles. The van der Waals surface area contributed by atoms with Crippen molar-refractivity contribution in [2.75, 3.05) is 18.0 Å². The molecule has 2 heterocycles. The van der Waals surface area contributed by atoms with Crippen molar-refractivity contribution in [3.63, 3.8) is 0 Å². The smallest absolute Gasteiger partial charge is 0.355 e. The molecule has 110 valence electrons. The molecular formula is C12H14ClF3N4. The number of hydrogen-bond donors (Lipinski definition) is 1. The lowest BCUT2D eigenvalue weighted by Crippen LogP contribution is -2.26. The summed E-state index contributed by atoms with van der Waals surface area (Å²) in [5.41, 5.74) is 4.97. The third-order valence-corrected chi connectivity index (χ3v) is 4.43. The van der Waals surface area contributed by atoms with Crippen molar-refractivity contribution in [3.8, 4) is 0 Å². The van der Waals surface area contributed by atoms with Crippen LogP contribution in [0, 0.1) is 11.8 Å². The van der Waals surface area contributed by atoms with Gasteiger partial charge in [0.2, 0.25) is 0 Å². The molecule has 2 atom stereocenters. The fraction of sp³-hybridized carbons (Fsp3) is 0.667. The highest BCUT2D eigenvalue weighted by atomic mass is 35.5. The summed E-state index contributed by atoms with van der Waals surface area (Å²) in [7, 11) is 0. The van der Waals surface area contributed by atoms with Crippen LogP contribution in [-0.4, -0.2) is 29.3 Å². The first-order valence-electron chi connectivity index (χ1n) is 6.45. The van der Waals surface area contributed by atoms with Crippen LogP contribution in [0.25, 0.3) is 0 Å². The number of nitrogens with zero attached hydrogens (tertiary/aromatic N) is 3. The molecule has 1 aromatic heterocycles. The van der Waals surface area contributed by atoms with E-state index >= 15 is 0 Å². The molecule has 20 heavy (non-hydrogen) atoms. The molecule has 2 N–H and O–H groups in total. The number of alkyl halides is 3. The standard InChI is InChI=1S/C12H14ClF3N4/c13-11-9(12(14,15)16)3-10(18-19-11)20-4-6-1-8(17)2-7(6)5-20/h3,6-8H,1-2,4-5,17H2/t6-,7-/m1/s1. The Labute approximate surface area is 119 Å². The Bertz CT molecular complexity index is 508. The van der Waals surface area contributed by atoms with Crippen molar-refractivity contribution in [2.24, 2.45) is 17.6 Å². The molecule has 0 amide bonds. The highest BCUT2D eigenvalue weighted by Gasteiger charge is 2.41. The summed E-state index contributed by atoms with van der Waals surface area (Å²) in [5.74, 6) is 1.12. The summed E-state index contributed by atoms with van der Waals surface area (Å²) in [5, 5.41) is 6.61. The molecular weight excluding hydrogens is 293 g/mol. The molecule has 0 unspecified atom stereocenters. The Kier molecular flexibility index (Phi) is 3.29. The molecule has 0 bridgehead atoms. The summed E-state index contributed by atoms with van der Waals surface area (Å²) in [4.78, 5) is 1.85. The van der Waals surface area contributed by atoms with Gasteiger partial charge in [-0.15, -0.1) is 10.2 Å². The van der Waals surface area contributed by atoms with E-state index in [-0.39, 0.29) is 11.9 Å². The quantitative estimate of drug-likeness (QED) is 0.865. The summed E-state index contributed by atoms with van der Waals surface area (Å²) in [6, 6.07) is 1.20. The van der Waals surface area contributed by atoms with Crippen molar-refractivity contribution in [3.05, 3.63) is 16.8 Å². The molecule has 2 aliphatic rings. The zero-order chi connectivity index (χ0) is 14.5. The number of hydrogen-bond acceptors (Lipinski definition) is 4. The zero-order valence-corrected chi connectivity index (χ0v) is 11.3. The number of anilines is 1. The van der Waals surface area contributed by atoms with Crippen molar-refractivity contribution >= 4 is 17.4 Å². The maximum Gasteiger partial charge on any atom is 0.419 e. The van der Waals surface area contributed by atoms with Gasteiger partial charge in [0.15, 0.2) is 11.0 Å². The van der Waals surface area contributed by atoms with Crippen LogP contribution in [0.1, 0.15) is 18.4 Å². The molecule has 1 aliphatic carbocycles. The van der Waals surface area contributed by atoms with Gasteiger partial charge in [0.1, 0.15) is 0 Å². The van der Waals surface area contributed by atoms with Crippen LogP contribution in [0.15, 0.2) is 6.07 Å². The minimum absolute atomic E-state index is 0.217. The van der Waals surface area contributed by atoms with Crippen LogP contribution in [0.4, 0.5) is 19.0 Å². The van der Waals surface area contributed by atoms with Crippen molar-refractivity contribution < 1.29 is 13.2 Å². The number of aromatic nitrogens is 2. The summed E-state index contributed by atoms with van der Waals surface area (Å²) in [6.45, 7) is 1.37. The maximum absolute atomic E-state index is 12.8. The van der Waals surface area contributed by atoms with Crippen LogP contribution in [0.2, 0.25) is 5.15 Å². The topological polar surface area (TPSA) is 55.0 Å². The van der Waals surface area contributed by atoms with E-state index in [9.17, 15) is 13.2 Å². The number of nitrogens with two attached hydrogens (primary N) is 1. The largest absolute Gasteiger partial charge is 0.419 e. The van der Waals surface area contributed by atoms with Crippen LogP contribution in [0.5, 0.6) is 0 Å². The third kappa shape index (κ3) is 2.44. The van der Waals surface area contributed by atoms with Gasteiger partial charge in [0.05, 0.1) is 5.56 Å². The molecule has 3 rings (SSSR count). The molecule has 0 aromatic carbocycles. The Morgan fingerprint density at radius 1 is 1.20 bits per heavy atom. The second-order valence-corrected chi connectivity index (χ2v) is 5.92. The first kappa shape index (κ1) is 13.9. The van der Waals surface area contributed by atoms with Gasteiger partial charge in [0.25, 0.3) is 0 Å². The minimum Gasteiger partial charge on any atom is -0.355 e. The molecule has 2 fully saturated rings. The number of halogens is 4. The molecule has 1 aliphatic heterocycles. The SMILES string of the molecule is NC1C[C@@H]2CN(c3cc(C(F)(F)F)c(Cl)nn3)C[C@H]2C1. The summed E-state index contributed by atoms with van der Waals surface area (Å²) in [6.07, 6.45) is -2.66. The van der Waals surface area contributed by atoms with Gasteiger partial charge in [0, 0.05) is 19.1 Å². The monoisotopic (exact) mass is 306 g/mol. The average Bonchev–Trinajstić information content (AvgIpc) is 2.85. The van der Waals surface area contributed by atoms with E-state index in [2.05, 4.69) is 10.2 Å². The Morgan fingerprint density at radius 3 is 2.35 bits per heavy atom. The highest BCUT2D eigenvalue weighted by Crippen LogP contribution is 2.40. The van der Waals surface area contributed by atoms with Gasteiger partial charge < -0.3 is 10.6 Å². The lowest BCUT2D eigenvalue weighted by molar-refractivity contribution is -0.137. The predicted molar refractivity (Wildman–Crippen MR) is 68.4 cm³/mol. The van der Waals surface area contributed by atoms with E-state index in [1.807, 2.05) is 4.90 Å². The van der Waals surface area contributed by atoms with E-state index in [1.54, 1.807) is 0 Å². The molecule has 0 radical (unpaired) electrons. The second kappa shape index (κ2) is 4.73. The third-order valence-electron chi connectivity index (χ3n) is 4.15. The van der Waals surface area contributed by atoms with Gasteiger partial charge in [-0.25, -0.2) is 0 Å². The van der Waals surface area contributed by atoms with Gasteiger partial charge >= 0.3 is 6.18 Å². The number of fused-ring (bicyclic) bond motifs is 1. The van der Waals surface area contributed by atoms with E-state index < -0.39 is 16.9 Å². The lowest BCUT2D eigenvalue weighted by atomic mass is 10.0. The molecule has 0 spiro atoms. The minimum atomic E-state index is -4.51. The van der Waals surface area contributed by atoms with Gasteiger partial charge in [-0.3, -0.25) is 0 Å². The Hall–Kier alpha value is -1.08. The molecule has 4 nitrogen and oxygen atoms in total. The fourth-order valence-electron chi connectivity index (χ4n) is 3.25. The first-order chi connectivity index (χ1) is 9.34. The maximum atomic E-state index is 12.8. The van der Waals surface area contributed by atoms with Crippen LogP contribution in [-0.2, 0) is 6.18 Å². The van der Waals surface area contributed by atoms with Crippen molar-refractivity contribution in [1.82, 2.24) is 10.2 Å².